The minimum atomic E-state index is -1.10. The minimum Gasteiger partial charge on any atom is -0.493 e. The monoisotopic (exact) mass is 532 g/mol. The van der Waals surface area contributed by atoms with Gasteiger partial charge in [0.1, 0.15) is 11.9 Å². The van der Waals surface area contributed by atoms with Gasteiger partial charge in [-0.15, -0.1) is 0 Å². The van der Waals surface area contributed by atoms with E-state index in [1.165, 1.54) is 44.5 Å². The maximum absolute atomic E-state index is 14.7. The van der Waals surface area contributed by atoms with Crippen molar-refractivity contribution in [3.05, 3.63) is 96.1 Å². The second kappa shape index (κ2) is 12.2. The van der Waals surface area contributed by atoms with Gasteiger partial charge >= 0.3 is 5.97 Å². The lowest BCUT2D eigenvalue weighted by atomic mass is 9.99. The molecule has 1 heterocycles. The van der Waals surface area contributed by atoms with Gasteiger partial charge in [-0.25, -0.2) is 10.2 Å². The number of carbonyl (C=O) groups excluding carboxylic acids is 2. The normalized spacial score (nSPS) is 12.3. The average Bonchev–Trinajstić information content (AvgIpc) is 2.96. The predicted octanol–water partition coefficient (Wildman–Crippen LogP) is 4.23. The first-order valence-electron chi connectivity index (χ1n) is 12.1. The van der Waals surface area contributed by atoms with Crippen LogP contribution in [0.2, 0.25) is 0 Å². The molecule has 39 heavy (non-hydrogen) atoms. The van der Waals surface area contributed by atoms with Crippen molar-refractivity contribution in [3.8, 4) is 11.5 Å². The summed E-state index contributed by atoms with van der Waals surface area (Å²) in [7, 11) is 4.22. The fourth-order valence-electron chi connectivity index (χ4n) is 4.34. The molecule has 3 aromatic carbocycles. The van der Waals surface area contributed by atoms with E-state index < -0.39 is 29.8 Å². The summed E-state index contributed by atoms with van der Waals surface area (Å²) in [6.45, 7) is 0. The van der Waals surface area contributed by atoms with Crippen molar-refractivity contribution in [1.82, 2.24) is 10.3 Å². The lowest BCUT2D eigenvalue weighted by Gasteiger charge is -2.31. The summed E-state index contributed by atoms with van der Waals surface area (Å²) in [5.74, 6) is 5.73. The van der Waals surface area contributed by atoms with E-state index in [1.54, 1.807) is 42.7 Å². The minimum absolute atomic E-state index is 0.143. The highest BCUT2D eigenvalue weighted by atomic mass is 19.1. The Morgan fingerprint density at radius 1 is 0.974 bits per heavy atom. The topological polar surface area (TPSA) is 116 Å². The molecule has 0 radical (unpaired) electrons. The average molecular weight is 533 g/mol. The zero-order valence-corrected chi connectivity index (χ0v) is 21.8. The van der Waals surface area contributed by atoms with Crippen molar-refractivity contribution in [2.45, 2.75) is 18.5 Å². The number of ether oxygens (including phenoxy) is 3. The van der Waals surface area contributed by atoms with Gasteiger partial charge in [0.2, 0.25) is 5.91 Å². The molecular formula is C29H29FN4O5. The number of pyridine rings is 1. The first-order chi connectivity index (χ1) is 18.9. The third-order valence-corrected chi connectivity index (χ3v) is 6.37. The van der Waals surface area contributed by atoms with Crippen molar-refractivity contribution in [2.75, 3.05) is 26.3 Å². The van der Waals surface area contributed by atoms with Crippen LogP contribution in [0.15, 0.2) is 79.1 Å². The van der Waals surface area contributed by atoms with Crippen LogP contribution in [0.4, 0.5) is 10.1 Å². The third-order valence-electron chi connectivity index (χ3n) is 6.37. The number of anilines is 1. The number of nitrogens with zero attached hydrogens (tertiary/aromatic N) is 2. The van der Waals surface area contributed by atoms with E-state index in [0.717, 1.165) is 10.8 Å². The quantitative estimate of drug-likeness (QED) is 0.177. The van der Waals surface area contributed by atoms with Crippen LogP contribution in [-0.4, -0.2) is 38.2 Å². The molecule has 202 valence electrons. The Morgan fingerprint density at radius 3 is 2.46 bits per heavy atom. The van der Waals surface area contributed by atoms with Gasteiger partial charge in [-0.3, -0.25) is 19.6 Å². The molecule has 1 amide bonds. The molecule has 9 nitrogen and oxygen atoms in total. The molecule has 0 saturated carbocycles. The van der Waals surface area contributed by atoms with Crippen LogP contribution in [0.5, 0.6) is 11.5 Å². The molecular weight excluding hydrogens is 503 g/mol. The van der Waals surface area contributed by atoms with Crippen molar-refractivity contribution in [1.29, 1.82) is 0 Å². The van der Waals surface area contributed by atoms with Gasteiger partial charge in [0.05, 0.1) is 39.5 Å². The Balaban J connectivity index is 1.77. The fraction of sp³-hybridized carbons (Fsp3) is 0.207. The molecule has 0 aliphatic heterocycles. The number of nitrogens with one attached hydrogen (secondary N) is 1. The number of hydrazine groups is 1. The van der Waals surface area contributed by atoms with E-state index in [4.69, 9.17) is 20.1 Å². The fourth-order valence-corrected chi connectivity index (χ4v) is 4.34. The van der Waals surface area contributed by atoms with E-state index in [9.17, 15) is 14.0 Å². The number of amides is 1. The predicted molar refractivity (Wildman–Crippen MR) is 145 cm³/mol. The molecule has 2 atom stereocenters. The number of nitrogens with two attached hydrogens (primary N) is 1. The maximum Gasteiger partial charge on any atom is 0.307 e. The largest absolute Gasteiger partial charge is 0.493 e. The number of rotatable bonds is 10. The number of carbonyl (C=O) groups is 2. The lowest BCUT2D eigenvalue weighted by Crippen LogP contribution is -2.46. The highest BCUT2D eigenvalue weighted by molar-refractivity contribution is 5.90. The first kappa shape index (κ1) is 27.3. The summed E-state index contributed by atoms with van der Waals surface area (Å²) in [5, 5.41) is 5.90. The number of esters is 1. The molecule has 0 bridgehead atoms. The van der Waals surface area contributed by atoms with Gasteiger partial charge in [0.25, 0.3) is 0 Å². The van der Waals surface area contributed by atoms with E-state index in [1.807, 2.05) is 18.2 Å². The molecule has 4 aromatic rings. The zero-order valence-electron chi connectivity index (χ0n) is 21.8. The van der Waals surface area contributed by atoms with Crippen LogP contribution in [0, 0.1) is 5.82 Å². The Morgan fingerprint density at radius 2 is 1.74 bits per heavy atom. The van der Waals surface area contributed by atoms with E-state index in [-0.39, 0.29) is 12.0 Å². The van der Waals surface area contributed by atoms with Crippen LogP contribution in [0.25, 0.3) is 10.8 Å². The lowest BCUT2D eigenvalue weighted by molar-refractivity contribution is -0.141. The molecule has 4 rings (SSSR count). The summed E-state index contributed by atoms with van der Waals surface area (Å²) < 4.78 is 30.3. The van der Waals surface area contributed by atoms with Crippen molar-refractivity contribution in [2.24, 2.45) is 5.84 Å². The molecule has 1 aromatic heterocycles. The second-order valence-corrected chi connectivity index (χ2v) is 8.69. The number of hydrogen-bond donors (Lipinski definition) is 2. The Bertz CT molecular complexity index is 1480. The molecule has 0 spiro atoms. The highest BCUT2D eigenvalue weighted by Crippen LogP contribution is 2.34. The third kappa shape index (κ3) is 6.07. The van der Waals surface area contributed by atoms with Gasteiger partial charge in [-0.2, -0.15) is 0 Å². The van der Waals surface area contributed by atoms with E-state index in [2.05, 4.69) is 10.3 Å². The standard InChI is InChI=1S/C29H29FN4O5/c1-37-25-11-9-19(15-26(25)38-2)28(34(31)21-10-8-20-17-32-13-12-18(20)14-21)29(36)33-24(16-27(35)39-3)22-6-4-5-7-23(22)30/h4-15,17,24,28H,16,31H2,1-3H3,(H,33,36)/t24?,28-/m1/s1. The van der Waals surface area contributed by atoms with Crippen LogP contribution >= 0.6 is 0 Å². The Hall–Kier alpha value is -4.70. The summed E-state index contributed by atoms with van der Waals surface area (Å²) in [5.41, 5.74) is 1.16. The smallest absolute Gasteiger partial charge is 0.307 e. The molecule has 0 saturated heterocycles. The molecule has 10 heteroatoms. The summed E-state index contributed by atoms with van der Waals surface area (Å²) in [6, 6.07) is 16.1. The summed E-state index contributed by atoms with van der Waals surface area (Å²) >= 11 is 0. The Kier molecular flexibility index (Phi) is 8.57. The van der Waals surface area contributed by atoms with Crippen molar-refractivity contribution in [3.63, 3.8) is 0 Å². The molecule has 0 aliphatic carbocycles. The highest BCUT2D eigenvalue weighted by Gasteiger charge is 2.31. The summed E-state index contributed by atoms with van der Waals surface area (Å²) in [4.78, 5) is 30.3. The number of hydrogen-bond acceptors (Lipinski definition) is 8. The SMILES string of the molecule is COC(=O)CC(NC(=O)[C@@H](c1ccc(OC)c(OC)c1)N(N)c1ccc2cnccc2c1)c1ccccc1F. The number of fused-ring (bicyclic) bond motifs is 1. The van der Waals surface area contributed by atoms with Crippen LogP contribution in [0.3, 0.4) is 0 Å². The van der Waals surface area contributed by atoms with Crippen LogP contribution in [0.1, 0.15) is 29.6 Å². The van der Waals surface area contributed by atoms with Gasteiger partial charge in [0.15, 0.2) is 11.5 Å². The van der Waals surface area contributed by atoms with Gasteiger partial charge in [-0.1, -0.05) is 30.3 Å². The number of methoxy groups -OCH3 is 3. The van der Waals surface area contributed by atoms with Gasteiger partial charge < -0.3 is 19.5 Å². The van der Waals surface area contributed by atoms with E-state index >= 15 is 0 Å². The number of halogens is 1. The van der Waals surface area contributed by atoms with E-state index in [0.29, 0.717) is 22.7 Å². The Labute approximate surface area is 225 Å². The van der Waals surface area contributed by atoms with Crippen LogP contribution in [-0.2, 0) is 14.3 Å². The zero-order chi connectivity index (χ0) is 27.9. The van der Waals surface area contributed by atoms with Crippen molar-refractivity contribution < 1.29 is 28.2 Å². The molecule has 3 N–H and O–H groups in total. The second-order valence-electron chi connectivity index (χ2n) is 8.69. The maximum atomic E-state index is 14.7. The number of benzene rings is 3. The van der Waals surface area contributed by atoms with Gasteiger partial charge in [-0.05, 0) is 47.3 Å². The van der Waals surface area contributed by atoms with Crippen molar-refractivity contribution >= 4 is 28.3 Å². The first-order valence-corrected chi connectivity index (χ1v) is 12.1. The van der Waals surface area contributed by atoms with Crippen LogP contribution < -0.4 is 25.6 Å². The molecule has 1 unspecified atom stereocenters. The molecule has 0 fully saturated rings. The van der Waals surface area contributed by atoms with Gasteiger partial charge in [0, 0.05) is 23.3 Å². The number of aromatic nitrogens is 1. The summed E-state index contributed by atoms with van der Waals surface area (Å²) in [6.07, 6.45) is 3.11. The molecule has 0 aliphatic rings.